The molecule has 0 aromatic heterocycles. The van der Waals surface area contributed by atoms with E-state index in [9.17, 15) is 18.4 Å². The first-order chi connectivity index (χ1) is 14.7. The van der Waals surface area contributed by atoms with Gasteiger partial charge in [-0.1, -0.05) is 17.7 Å². The molecule has 3 fully saturated rings. The zero-order valence-electron chi connectivity index (χ0n) is 17.9. The van der Waals surface area contributed by atoms with Crippen LogP contribution in [0.5, 0.6) is 0 Å². The molecule has 4 rings (SSSR count). The SMILES string of the molecule is Cc1ccc(Cl)cc1CN1CCN(C(=O)CNC(=O)C2CC23CCC(F)(F)CC3)CC1. The monoisotopic (exact) mass is 453 g/mol. The summed E-state index contributed by atoms with van der Waals surface area (Å²) < 4.78 is 26.8. The van der Waals surface area contributed by atoms with Gasteiger partial charge in [0.2, 0.25) is 17.7 Å². The van der Waals surface area contributed by atoms with Crippen molar-refractivity contribution in [3.05, 3.63) is 34.3 Å². The van der Waals surface area contributed by atoms with Crippen molar-refractivity contribution in [1.82, 2.24) is 15.1 Å². The summed E-state index contributed by atoms with van der Waals surface area (Å²) in [5.41, 5.74) is 2.14. The van der Waals surface area contributed by atoms with Gasteiger partial charge < -0.3 is 10.2 Å². The number of nitrogens with one attached hydrogen (secondary N) is 1. The number of hydrogen-bond acceptors (Lipinski definition) is 3. The molecule has 1 aromatic carbocycles. The molecule has 3 aliphatic rings. The van der Waals surface area contributed by atoms with Gasteiger partial charge in [0.05, 0.1) is 6.54 Å². The normalized spacial score (nSPS) is 24.8. The highest BCUT2D eigenvalue weighted by atomic mass is 35.5. The summed E-state index contributed by atoms with van der Waals surface area (Å²) in [6.45, 7) is 5.63. The average Bonchev–Trinajstić information content (AvgIpc) is 3.46. The van der Waals surface area contributed by atoms with Gasteiger partial charge in [0.25, 0.3) is 0 Å². The number of halogens is 3. The second-order valence-corrected chi connectivity index (χ2v) is 9.86. The summed E-state index contributed by atoms with van der Waals surface area (Å²) >= 11 is 6.11. The number of piperazine rings is 1. The molecule has 1 heterocycles. The molecular formula is C23H30ClF2N3O2. The van der Waals surface area contributed by atoms with Crippen LogP contribution in [0.25, 0.3) is 0 Å². The summed E-state index contributed by atoms with van der Waals surface area (Å²) in [6, 6.07) is 5.89. The predicted octanol–water partition coefficient (Wildman–Crippen LogP) is 3.62. The Morgan fingerprint density at radius 2 is 1.81 bits per heavy atom. The lowest BCUT2D eigenvalue weighted by atomic mass is 9.82. The summed E-state index contributed by atoms with van der Waals surface area (Å²) in [7, 11) is 0. The molecule has 2 saturated carbocycles. The van der Waals surface area contributed by atoms with E-state index in [1.165, 1.54) is 11.1 Å². The predicted molar refractivity (Wildman–Crippen MR) is 115 cm³/mol. The van der Waals surface area contributed by atoms with Gasteiger partial charge in [-0.25, -0.2) is 8.78 Å². The van der Waals surface area contributed by atoms with E-state index in [-0.39, 0.29) is 42.5 Å². The zero-order chi connectivity index (χ0) is 22.2. The molecule has 1 atom stereocenters. The first-order valence-corrected chi connectivity index (χ1v) is 11.5. The Kier molecular flexibility index (Phi) is 6.28. The van der Waals surface area contributed by atoms with E-state index in [1.807, 2.05) is 18.2 Å². The highest BCUT2D eigenvalue weighted by Gasteiger charge is 2.60. The minimum absolute atomic E-state index is 0.0189. The molecule has 31 heavy (non-hydrogen) atoms. The van der Waals surface area contributed by atoms with Gasteiger partial charge in [0.15, 0.2) is 0 Å². The van der Waals surface area contributed by atoms with Gasteiger partial charge in [-0.3, -0.25) is 14.5 Å². The molecule has 2 amide bonds. The van der Waals surface area contributed by atoms with Crippen LogP contribution in [-0.2, 0) is 16.1 Å². The van der Waals surface area contributed by atoms with Crippen molar-refractivity contribution < 1.29 is 18.4 Å². The summed E-state index contributed by atoms with van der Waals surface area (Å²) in [5.74, 6) is -3.04. The van der Waals surface area contributed by atoms with Crippen molar-refractivity contribution in [2.24, 2.45) is 11.3 Å². The van der Waals surface area contributed by atoms with Crippen LogP contribution >= 0.6 is 11.6 Å². The lowest BCUT2D eigenvalue weighted by molar-refractivity contribution is -0.135. The standard InChI is InChI=1S/C23H30ClF2N3O2/c1-16-2-3-18(24)12-17(16)15-28-8-10-29(11-9-28)20(30)14-27-21(31)19-13-22(19)4-6-23(25,26)7-5-22/h2-3,12,19H,4-11,13-15H2,1H3,(H,27,31). The topological polar surface area (TPSA) is 52.6 Å². The van der Waals surface area contributed by atoms with Crippen LogP contribution in [0, 0.1) is 18.3 Å². The van der Waals surface area contributed by atoms with Crippen molar-refractivity contribution in [1.29, 1.82) is 0 Å². The highest BCUT2D eigenvalue weighted by molar-refractivity contribution is 6.30. The third-order valence-electron chi connectivity index (χ3n) is 7.33. The van der Waals surface area contributed by atoms with E-state index in [1.54, 1.807) is 4.90 Å². The van der Waals surface area contributed by atoms with Crippen LogP contribution in [0.4, 0.5) is 8.78 Å². The van der Waals surface area contributed by atoms with Crippen LogP contribution in [0.3, 0.4) is 0 Å². The maximum absolute atomic E-state index is 13.4. The van der Waals surface area contributed by atoms with Crippen molar-refractivity contribution in [3.8, 4) is 0 Å². The van der Waals surface area contributed by atoms with Crippen LogP contribution in [0.1, 0.15) is 43.2 Å². The number of aryl methyl sites for hydroxylation is 1. The fourth-order valence-electron chi connectivity index (χ4n) is 4.99. The Morgan fingerprint density at radius 1 is 1.13 bits per heavy atom. The van der Waals surface area contributed by atoms with E-state index in [2.05, 4.69) is 17.1 Å². The van der Waals surface area contributed by atoms with E-state index in [0.29, 0.717) is 32.4 Å². The van der Waals surface area contributed by atoms with Gasteiger partial charge >= 0.3 is 0 Å². The number of rotatable bonds is 5. The molecule has 1 aliphatic heterocycles. The van der Waals surface area contributed by atoms with Crippen LogP contribution in [0.15, 0.2) is 18.2 Å². The average molecular weight is 454 g/mol. The molecule has 1 unspecified atom stereocenters. The molecule has 1 aromatic rings. The number of alkyl halides is 2. The quantitative estimate of drug-likeness (QED) is 0.740. The van der Waals surface area contributed by atoms with Crippen molar-refractivity contribution in [2.75, 3.05) is 32.7 Å². The van der Waals surface area contributed by atoms with Crippen LogP contribution in [0.2, 0.25) is 5.02 Å². The van der Waals surface area contributed by atoms with E-state index < -0.39 is 5.92 Å². The van der Waals surface area contributed by atoms with E-state index in [4.69, 9.17) is 11.6 Å². The second kappa shape index (κ2) is 8.66. The van der Waals surface area contributed by atoms with Crippen molar-refractivity contribution in [3.63, 3.8) is 0 Å². The lowest BCUT2D eigenvalue weighted by Crippen LogP contribution is -2.51. The van der Waals surface area contributed by atoms with Gasteiger partial charge in [-0.05, 0) is 54.9 Å². The Hall–Kier alpha value is -1.73. The fourth-order valence-corrected chi connectivity index (χ4v) is 5.18. The summed E-state index contributed by atoms with van der Waals surface area (Å²) in [4.78, 5) is 29.1. The minimum Gasteiger partial charge on any atom is -0.347 e. The first kappa shape index (κ1) is 22.5. The summed E-state index contributed by atoms with van der Waals surface area (Å²) in [6.07, 6.45) is 1.22. The van der Waals surface area contributed by atoms with Gasteiger partial charge in [-0.2, -0.15) is 0 Å². The fraction of sp³-hybridized carbons (Fsp3) is 0.652. The molecule has 1 N–H and O–H groups in total. The van der Waals surface area contributed by atoms with Crippen LogP contribution < -0.4 is 5.32 Å². The Balaban J connectivity index is 1.19. The Bertz CT molecular complexity index is 845. The zero-order valence-corrected chi connectivity index (χ0v) is 18.7. The molecule has 0 bridgehead atoms. The molecule has 1 saturated heterocycles. The van der Waals surface area contributed by atoms with Crippen LogP contribution in [-0.4, -0.2) is 60.3 Å². The maximum atomic E-state index is 13.4. The number of benzene rings is 1. The minimum atomic E-state index is -2.58. The molecule has 170 valence electrons. The lowest BCUT2D eigenvalue weighted by Gasteiger charge is -2.35. The van der Waals surface area contributed by atoms with Gasteiger partial charge in [0, 0.05) is 56.5 Å². The number of amides is 2. The number of nitrogens with zero attached hydrogens (tertiary/aromatic N) is 2. The smallest absolute Gasteiger partial charge is 0.248 e. The number of carbonyl (C=O) groups excluding carboxylic acids is 2. The van der Waals surface area contributed by atoms with Crippen molar-refractivity contribution in [2.45, 2.75) is 51.5 Å². The third kappa shape index (κ3) is 5.20. The molecule has 0 radical (unpaired) electrons. The second-order valence-electron chi connectivity index (χ2n) is 9.42. The van der Waals surface area contributed by atoms with E-state index >= 15 is 0 Å². The molecular weight excluding hydrogens is 424 g/mol. The number of hydrogen-bond donors (Lipinski definition) is 1. The summed E-state index contributed by atoms with van der Waals surface area (Å²) in [5, 5.41) is 3.48. The highest BCUT2D eigenvalue weighted by Crippen LogP contribution is 2.63. The molecule has 5 nitrogen and oxygen atoms in total. The number of carbonyl (C=O) groups is 2. The van der Waals surface area contributed by atoms with E-state index in [0.717, 1.165) is 24.7 Å². The molecule has 2 aliphatic carbocycles. The van der Waals surface area contributed by atoms with Gasteiger partial charge in [-0.15, -0.1) is 0 Å². The molecule has 1 spiro atoms. The van der Waals surface area contributed by atoms with Crippen molar-refractivity contribution >= 4 is 23.4 Å². The Morgan fingerprint density at radius 3 is 2.48 bits per heavy atom. The first-order valence-electron chi connectivity index (χ1n) is 11.1. The third-order valence-corrected chi connectivity index (χ3v) is 7.56. The van der Waals surface area contributed by atoms with Gasteiger partial charge in [0.1, 0.15) is 0 Å². The maximum Gasteiger partial charge on any atom is 0.248 e. The Labute approximate surface area is 187 Å². The molecule has 8 heteroatoms. The largest absolute Gasteiger partial charge is 0.347 e.